The van der Waals surface area contributed by atoms with Crippen molar-refractivity contribution in [3.63, 3.8) is 0 Å². The van der Waals surface area contributed by atoms with Gasteiger partial charge in [-0.3, -0.25) is 0 Å². The number of primary sulfonamides is 1. The van der Waals surface area contributed by atoms with Gasteiger partial charge in [-0.05, 0) is 79.8 Å². The fourth-order valence-electron chi connectivity index (χ4n) is 4.64. The lowest BCUT2D eigenvalue weighted by atomic mass is 9.79. The Morgan fingerprint density at radius 2 is 1.62 bits per heavy atom. The first-order valence-electron chi connectivity index (χ1n) is 11.5. The molecule has 6 heteroatoms. The quantitative estimate of drug-likeness (QED) is 0.619. The molecular weight excluding hydrogens is 418 g/mol. The Morgan fingerprint density at radius 3 is 2.16 bits per heavy atom. The third-order valence-electron chi connectivity index (χ3n) is 6.89. The Kier molecular flexibility index (Phi) is 6.66. The summed E-state index contributed by atoms with van der Waals surface area (Å²) in [5, 5.41) is 15.4. The van der Waals surface area contributed by atoms with E-state index in [1.165, 1.54) is 19.3 Å². The number of sulfonamides is 1. The van der Waals surface area contributed by atoms with Crippen molar-refractivity contribution in [3.8, 4) is 17.3 Å². The number of aromatic nitrogens is 1. The second-order valence-corrected chi connectivity index (χ2v) is 12.5. The number of nitriles is 1. The van der Waals surface area contributed by atoms with Crippen LogP contribution in [0.15, 0.2) is 29.2 Å². The van der Waals surface area contributed by atoms with Crippen molar-refractivity contribution in [2.75, 3.05) is 0 Å². The molecule has 1 saturated carbocycles. The molecule has 1 aliphatic rings. The molecule has 1 aromatic carbocycles. The van der Waals surface area contributed by atoms with Crippen molar-refractivity contribution in [1.82, 2.24) is 4.57 Å². The van der Waals surface area contributed by atoms with Crippen LogP contribution in [-0.4, -0.2) is 13.0 Å². The van der Waals surface area contributed by atoms with E-state index in [0.29, 0.717) is 11.6 Å². The van der Waals surface area contributed by atoms with Crippen LogP contribution in [-0.2, 0) is 27.4 Å². The zero-order valence-electron chi connectivity index (χ0n) is 20.3. The zero-order chi connectivity index (χ0) is 23.9. The number of nitrogens with two attached hydrogens (primary N) is 1. The topological polar surface area (TPSA) is 88.9 Å². The van der Waals surface area contributed by atoms with E-state index in [1.54, 1.807) is 6.07 Å². The summed E-state index contributed by atoms with van der Waals surface area (Å²) >= 11 is 0. The summed E-state index contributed by atoms with van der Waals surface area (Å²) in [4.78, 5) is 0.186. The monoisotopic (exact) mass is 455 g/mol. The molecule has 0 bridgehead atoms. The molecule has 2 aromatic rings. The molecule has 0 aliphatic heterocycles. The van der Waals surface area contributed by atoms with Gasteiger partial charge in [0.15, 0.2) is 0 Å². The highest BCUT2D eigenvalue weighted by atomic mass is 32.2. The Balaban J connectivity index is 2.25. The number of nitrogens with zero attached hydrogens (tertiary/aromatic N) is 2. The predicted molar refractivity (Wildman–Crippen MR) is 130 cm³/mol. The molecule has 2 N–H and O–H groups in total. The Bertz CT molecular complexity index is 1140. The minimum atomic E-state index is -3.84. The van der Waals surface area contributed by atoms with Gasteiger partial charge in [0.1, 0.15) is 4.90 Å². The second kappa shape index (κ2) is 8.68. The first-order valence-corrected chi connectivity index (χ1v) is 13.1. The number of hydrogen-bond donors (Lipinski definition) is 1. The Hall–Kier alpha value is -2.10. The summed E-state index contributed by atoms with van der Waals surface area (Å²) in [5.41, 5.74) is 3.76. The highest BCUT2D eigenvalue weighted by Crippen LogP contribution is 2.37. The minimum absolute atomic E-state index is 0.116. The maximum atomic E-state index is 12.4. The number of hydrogen-bond acceptors (Lipinski definition) is 3. The molecule has 1 aromatic heterocycles. The van der Waals surface area contributed by atoms with Crippen molar-refractivity contribution < 1.29 is 8.42 Å². The summed E-state index contributed by atoms with van der Waals surface area (Å²) in [6.45, 7) is 12.9. The number of benzene rings is 1. The van der Waals surface area contributed by atoms with Crippen LogP contribution in [0.4, 0.5) is 0 Å². The second-order valence-electron chi connectivity index (χ2n) is 10.9. The first kappa shape index (κ1) is 24.5. The highest BCUT2D eigenvalue weighted by molar-refractivity contribution is 7.89. The molecule has 0 amide bonds. The van der Waals surface area contributed by atoms with Gasteiger partial charge in [0.25, 0.3) is 0 Å². The molecule has 0 unspecified atom stereocenters. The van der Waals surface area contributed by atoms with Gasteiger partial charge < -0.3 is 4.57 Å². The third-order valence-corrected chi connectivity index (χ3v) is 7.91. The SMILES string of the molecule is Cc1c(S(N)(=O)=O)cc(-c2cc(C(C)(C)C)cc(C(C)(C)C#N)c2)n1CC1CCCCC1. The third kappa shape index (κ3) is 5.10. The Labute approximate surface area is 193 Å². The van der Waals surface area contributed by atoms with Gasteiger partial charge in [-0.2, -0.15) is 5.26 Å². The maximum Gasteiger partial charge on any atom is 0.239 e. The Morgan fingerprint density at radius 1 is 1.03 bits per heavy atom. The van der Waals surface area contributed by atoms with E-state index < -0.39 is 15.4 Å². The fraction of sp³-hybridized carbons (Fsp3) is 0.577. The summed E-state index contributed by atoms with van der Waals surface area (Å²) in [6, 6.07) is 10.4. The summed E-state index contributed by atoms with van der Waals surface area (Å²) in [6.07, 6.45) is 6.05. The van der Waals surface area contributed by atoms with Crippen LogP contribution >= 0.6 is 0 Å². The van der Waals surface area contributed by atoms with Crippen LogP contribution in [0.1, 0.15) is 83.5 Å². The molecule has 1 aliphatic carbocycles. The zero-order valence-corrected chi connectivity index (χ0v) is 21.1. The van der Waals surface area contributed by atoms with Gasteiger partial charge in [0.05, 0.1) is 11.5 Å². The van der Waals surface area contributed by atoms with E-state index in [-0.39, 0.29) is 10.3 Å². The summed E-state index contributed by atoms with van der Waals surface area (Å²) in [5.74, 6) is 0.530. The van der Waals surface area contributed by atoms with Gasteiger partial charge in [-0.25, -0.2) is 13.6 Å². The van der Waals surface area contributed by atoms with E-state index in [4.69, 9.17) is 5.14 Å². The van der Waals surface area contributed by atoms with E-state index in [1.807, 2.05) is 26.8 Å². The highest BCUT2D eigenvalue weighted by Gasteiger charge is 2.27. The van der Waals surface area contributed by atoms with Crippen LogP contribution in [0.5, 0.6) is 0 Å². The molecular formula is C26H37N3O2S. The lowest BCUT2D eigenvalue weighted by molar-refractivity contribution is 0.318. The molecule has 32 heavy (non-hydrogen) atoms. The molecule has 3 rings (SSSR count). The van der Waals surface area contributed by atoms with Gasteiger partial charge in [0, 0.05) is 17.9 Å². The van der Waals surface area contributed by atoms with E-state index >= 15 is 0 Å². The fourth-order valence-corrected chi connectivity index (χ4v) is 5.44. The van der Waals surface area contributed by atoms with Crippen molar-refractivity contribution in [1.29, 1.82) is 5.26 Å². The van der Waals surface area contributed by atoms with Crippen LogP contribution < -0.4 is 5.14 Å². The van der Waals surface area contributed by atoms with Gasteiger partial charge in [0.2, 0.25) is 10.0 Å². The molecule has 0 atom stereocenters. The lowest BCUT2D eigenvalue weighted by Crippen LogP contribution is -2.19. The molecule has 1 heterocycles. The van der Waals surface area contributed by atoms with E-state index in [2.05, 4.69) is 43.5 Å². The van der Waals surface area contributed by atoms with Crippen LogP contribution in [0.3, 0.4) is 0 Å². The normalized spacial score (nSPS) is 16.2. The minimum Gasteiger partial charge on any atom is -0.343 e. The molecule has 5 nitrogen and oxygen atoms in total. The van der Waals surface area contributed by atoms with Crippen molar-refractivity contribution in [2.45, 2.75) is 95.9 Å². The molecule has 1 fully saturated rings. The molecule has 0 saturated heterocycles. The average molecular weight is 456 g/mol. The predicted octanol–water partition coefficient (Wildman–Crippen LogP) is 5.79. The largest absolute Gasteiger partial charge is 0.343 e. The standard InChI is InChI=1S/C26H37N3O2S/c1-18-24(32(28,30)31)15-23(29(18)16-19-10-8-7-9-11-19)20-12-21(25(2,3)4)14-22(13-20)26(5,6)17-27/h12-15,19H,7-11,16H2,1-6H3,(H2,28,30,31). The molecule has 0 spiro atoms. The number of rotatable bonds is 5. The van der Waals surface area contributed by atoms with E-state index in [0.717, 1.165) is 41.8 Å². The van der Waals surface area contributed by atoms with Crippen LogP contribution in [0, 0.1) is 24.2 Å². The van der Waals surface area contributed by atoms with Gasteiger partial charge in [-0.15, -0.1) is 0 Å². The molecule has 174 valence electrons. The smallest absolute Gasteiger partial charge is 0.239 e. The lowest BCUT2D eigenvalue weighted by Gasteiger charge is -2.27. The van der Waals surface area contributed by atoms with Gasteiger partial charge in [-0.1, -0.05) is 46.1 Å². The molecule has 0 radical (unpaired) electrons. The van der Waals surface area contributed by atoms with Gasteiger partial charge >= 0.3 is 0 Å². The first-order chi connectivity index (χ1) is 14.7. The van der Waals surface area contributed by atoms with Crippen LogP contribution in [0.2, 0.25) is 0 Å². The van der Waals surface area contributed by atoms with Crippen molar-refractivity contribution in [2.24, 2.45) is 11.1 Å². The maximum absolute atomic E-state index is 12.4. The summed E-state index contributed by atoms with van der Waals surface area (Å²) in [7, 11) is -3.84. The summed E-state index contributed by atoms with van der Waals surface area (Å²) < 4.78 is 26.9. The van der Waals surface area contributed by atoms with Crippen molar-refractivity contribution >= 4 is 10.0 Å². The van der Waals surface area contributed by atoms with Crippen LogP contribution in [0.25, 0.3) is 11.3 Å². The average Bonchev–Trinajstić information content (AvgIpc) is 3.04. The van der Waals surface area contributed by atoms with E-state index in [9.17, 15) is 13.7 Å². The van der Waals surface area contributed by atoms with Crippen molar-refractivity contribution in [3.05, 3.63) is 41.1 Å².